The lowest BCUT2D eigenvalue weighted by Crippen LogP contribution is -2.30. The van der Waals surface area contributed by atoms with Gasteiger partial charge in [0.05, 0.1) is 0 Å². The maximum absolute atomic E-state index is 12.9. The maximum Gasteiger partial charge on any atom is 0.306 e. The van der Waals surface area contributed by atoms with Gasteiger partial charge in [0.15, 0.2) is 6.10 Å². The Morgan fingerprint density at radius 1 is 0.274 bits per heavy atom. The summed E-state index contributed by atoms with van der Waals surface area (Å²) in [7, 11) is 0. The molecule has 0 aromatic carbocycles. The average Bonchev–Trinajstić information content (AvgIpc) is 3.39. The number of hydrogen-bond acceptors (Lipinski definition) is 6. The van der Waals surface area contributed by atoms with Gasteiger partial charge in [-0.15, -0.1) is 0 Å². The number of unbranched alkanes of at least 4 members (excludes halogenated alkanes) is 40. The maximum atomic E-state index is 12.9. The summed E-state index contributed by atoms with van der Waals surface area (Å²) in [5, 5.41) is 0. The summed E-state index contributed by atoms with van der Waals surface area (Å²) >= 11 is 0. The summed E-state index contributed by atoms with van der Waals surface area (Å²) in [4.78, 5) is 38.3. The van der Waals surface area contributed by atoms with Gasteiger partial charge in [0.25, 0.3) is 0 Å². The van der Waals surface area contributed by atoms with Crippen LogP contribution in [0, 0.1) is 0 Å². The Kier molecular flexibility index (Phi) is 59.7. The van der Waals surface area contributed by atoms with Gasteiger partial charge in [-0.3, -0.25) is 14.4 Å². The number of carbonyl (C=O) groups is 3. The van der Waals surface area contributed by atoms with Crippen LogP contribution in [-0.4, -0.2) is 37.2 Å². The van der Waals surface area contributed by atoms with E-state index in [0.29, 0.717) is 19.3 Å². The van der Waals surface area contributed by atoms with Crippen LogP contribution < -0.4 is 0 Å². The summed E-state index contributed by atoms with van der Waals surface area (Å²) < 4.78 is 16.9. The second-order valence-electron chi connectivity index (χ2n) is 21.7. The van der Waals surface area contributed by atoms with Crippen molar-refractivity contribution in [2.24, 2.45) is 0 Å². The van der Waals surface area contributed by atoms with Gasteiger partial charge in [-0.1, -0.05) is 288 Å². The number of allylic oxidation sites excluding steroid dienone is 8. The predicted octanol–water partition coefficient (Wildman–Crippen LogP) is 21.8. The SMILES string of the molecule is CCCCC/C=C\C/C=C\C/C=C\CCCCCCC(=O)OC[C@H](COC(=O)CCCCCCCCC/C=C\CCCCCCCC)OC(=O)CCCCCCCCCCCCCCCCCCCCCCC. The third kappa shape index (κ3) is 60.1. The molecule has 6 nitrogen and oxygen atoms in total. The van der Waals surface area contributed by atoms with E-state index in [-0.39, 0.29) is 31.1 Å². The molecule has 0 bridgehead atoms. The zero-order valence-corrected chi connectivity index (χ0v) is 48.9. The topological polar surface area (TPSA) is 78.9 Å². The van der Waals surface area contributed by atoms with Crippen molar-refractivity contribution in [2.75, 3.05) is 13.2 Å². The van der Waals surface area contributed by atoms with E-state index in [2.05, 4.69) is 69.4 Å². The predicted molar refractivity (Wildman–Crippen MR) is 316 cm³/mol. The van der Waals surface area contributed by atoms with Crippen LogP contribution in [0.25, 0.3) is 0 Å². The van der Waals surface area contributed by atoms with Crippen molar-refractivity contribution in [1.29, 1.82) is 0 Å². The zero-order chi connectivity index (χ0) is 52.9. The van der Waals surface area contributed by atoms with E-state index in [1.165, 1.54) is 218 Å². The number of hydrogen-bond donors (Lipinski definition) is 0. The van der Waals surface area contributed by atoms with Crippen LogP contribution >= 0.6 is 0 Å². The van der Waals surface area contributed by atoms with Crippen LogP contribution in [0.1, 0.15) is 342 Å². The Morgan fingerprint density at radius 3 is 0.808 bits per heavy atom. The fourth-order valence-electron chi connectivity index (χ4n) is 9.45. The lowest BCUT2D eigenvalue weighted by Gasteiger charge is -2.18. The smallest absolute Gasteiger partial charge is 0.306 e. The highest BCUT2D eigenvalue weighted by molar-refractivity contribution is 5.71. The largest absolute Gasteiger partial charge is 0.462 e. The highest BCUT2D eigenvalue weighted by Crippen LogP contribution is 2.17. The van der Waals surface area contributed by atoms with Crippen LogP contribution in [0.2, 0.25) is 0 Å². The van der Waals surface area contributed by atoms with E-state index in [4.69, 9.17) is 14.2 Å². The molecule has 0 amide bonds. The lowest BCUT2D eigenvalue weighted by atomic mass is 10.0. The van der Waals surface area contributed by atoms with Crippen LogP contribution in [0.15, 0.2) is 48.6 Å². The molecule has 0 aromatic rings. The Bertz CT molecular complexity index is 1270. The molecule has 0 fully saturated rings. The second-order valence-corrected chi connectivity index (χ2v) is 21.7. The first-order valence-corrected chi connectivity index (χ1v) is 32.1. The molecule has 0 heterocycles. The van der Waals surface area contributed by atoms with E-state index in [1.807, 2.05) is 0 Å². The molecule has 0 radical (unpaired) electrons. The fourth-order valence-corrected chi connectivity index (χ4v) is 9.45. The molecule has 0 aliphatic carbocycles. The summed E-state index contributed by atoms with van der Waals surface area (Å²) in [5.74, 6) is -0.884. The Balaban J connectivity index is 4.36. The molecule has 73 heavy (non-hydrogen) atoms. The molecule has 0 saturated heterocycles. The second kappa shape index (κ2) is 61.9. The molecule has 0 unspecified atom stereocenters. The molecule has 0 N–H and O–H groups in total. The van der Waals surface area contributed by atoms with Crippen LogP contribution in [0.3, 0.4) is 0 Å². The molecule has 426 valence electrons. The number of rotatable bonds is 59. The highest BCUT2D eigenvalue weighted by atomic mass is 16.6. The van der Waals surface area contributed by atoms with Crippen molar-refractivity contribution < 1.29 is 28.6 Å². The van der Waals surface area contributed by atoms with E-state index in [9.17, 15) is 14.4 Å². The molecular weight excluding hydrogens is 901 g/mol. The zero-order valence-electron chi connectivity index (χ0n) is 48.9. The third-order valence-corrected chi connectivity index (χ3v) is 14.3. The summed E-state index contributed by atoms with van der Waals surface area (Å²) in [6.07, 6.45) is 76.8. The fraction of sp³-hybridized carbons (Fsp3) is 0.836. The monoisotopic (exact) mass is 1020 g/mol. The van der Waals surface area contributed by atoms with Crippen molar-refractivity contribution in [3.8, 4) is 0 Å². The minimum Gasteiger partial charge on any atom is -0.462 e. The minimum atomic E-state index is -0.783. The van der Waals surface area contributed by atoms with Gasteiger partial charge in [-0.05, 0) is 83.5 Å². The number of carbonyl (C=O) groups excluding carboxylic acids is 3. The molecule has 0 aromatic heterocycles. The Labute approximate surface area is 454 Å². The van der Waals surface area contributed by atoms with E-state index < -0.39 is 6.10 Å². The van der Waals surface area contributed by atoms with Gasteiger partial charge >= 0.3 is 17.9 Å². The summed E-state index contributed by atoms with van der Waals surface area (Å²) in [6, 6.07) is 0. The van der Waals surface area contributed by atoms with Crippen molar-refractivity contribution in [3.05, 3.63) is 48.6 Å². The van der Waals surface area contributed by atoms with Crippen molar-refractivity contribution in [2.45, 2.75) is 348 Å². The quantitative estimate of drug-likeness (QED) is 0.0261. The molecule has 0 aliphatic rings. The normalized spacial score (nSPS) is 12.3. The van der Waals surface area contributed by atoms with E-state index in [1.54, 1.807) is 0 Å². The van der Waals surface area contributed by atoms with Gasteiger partial charge in [-0.25, -0.2) is 0 Å². The lowest BCUT2D eigenvalue weighted by molar-refractivity contribution is -0.167. The molecular formula is C67H122O6. The van der Waals surface area contributed by atoms with Gasteiger partial charge in [0.2, 0.25) is 0 Å². The van der Waals surface area contributed by atoms with Gasteiger partial charge in [-0.2, -0.15) is 0 Å². The summed E-state index contributed by atoms with van der Waals surface area (Å²) in [5.41, 5.74) is 0. The van der Waals surface area contributed by atoms with Gasteiger partial charge in [0.1, 0.15) is 13.2 Å². The number of ether oxygens (including phenoxy) is 3. The van der Waals surface area contributed by atoms with E-state index >= 15 is 0 Å². The highest BCUT2D eigenvalue weighted by Gasteiger charge is 2.19. The number of esters is 3. The first kappa shape index (κ1) is 70.4. The van der Waals surface area contributed by atoms with Crippen LogP contribution in [0.5, 0.6) is 0 Å². The third-order valence-electron chi connectivity index (χ3n) is 14.3. The molecule has 0 spiro atoms. The van der Waals surface area contributed by atoms with Crippen LogP contribution in [-0.2, 0) is 28.6 Å². The standard InChI is InChI=1S/C67H122O6/c1-4-7-10-13-16-19-22-25-28-31-32-33-34-37-40-43-46-49-52-55-58-61-67(70)73-64(62-71-65(68)59-56-53-50-47-44-41-38-35-29-26-23-20-17-14-11-8-5-2)63-72-66(69)60-57-54-51-48-45-42-39-36-30-27-24-21-18-15-12-9-6-3/h17,20,26-27,29-30,38,41,64H,4-16,18-19,21-25,28,31-37,39-40,42-63H2,1-3H3/b20-17-,29-26-,30-27-,41-38-/t64-/m1/s1. The van der Waals surface area contributed by atoms with Crippen molar-refractivity contribution >= 4 is 17.9 Å². The van der Waals surface area contributed by atoms with Gasteiger partial charge < -0.3 is 14.2 Å². The first-order chi connectivity index (χ1) is 36.0. The summed E-state index contributed by atoms with van der Waals surface area (Å²) in [6.45, 7) is 6.64. The molecule has 0 aliphatic heterocycles. The van der Waals surface area contributed by atoms with Crippen molar-refractivity contribution in [3.63, 3.8) is 0 Å². The molecule has 6 heteroatoms. The molecule has 1 atom stereocenters. The minimum absolute atomic E-state index is 0.0793. The molecule has 0 saturated carbocycles. The molecule has 0 rings (SSSR count). The average molecular weight is 1020 g/mol. The van der Waals surface area contributed by atoms with Gasteiger partial charge in [0, 0.05) is 19.3 Å². The first-order valence-electron chi connectivity index (χ1n) is 32.1. The van der Waals surface area contributed by atoms with Crippen molar-refractivity contribution in [1.82, 2.24) is 0 Å². The Morgan fingerprint density at radius 2 is 0.493 bits per heavy atom. The van der Waals surface area contributed by atoms with Crippen LogP contribution in [0.4, 0.5) is 0 Å². The van der Waals surface area contributed by atoms with E-state index in [0.717, 1.165) is 83.5 Å². The Hall–Kier alpha value is -2.63.